The van der Waals surface area contributed by atoms with Gasteiger partial charge in [0.05, 0.1) is 5.70 Å². The Hall–Kier alpha value is -2.05. The average molecular weight is 290 g/mol. The maximum Gasteiger partial charge on any atom is 0.355 e. The van der Waals surface area contributed by atoms with Crippen molar-refractivity contribution in [2.45, 2.75) is 32.9 Å². The molecule has 0 amide bonds. The number of nitrogens with zero attached hydrogens (tertiary/aromatic N) is 1. The topological polar surface area (TPSA) is 105 Å². The number of rotatable bonds is 4. The quantitative estimate of drug-likeness (QED) is 0.368. The summed E-state index contributed by atoms with van der Waals surface area (Å²) in [5.41, 5.74) is 11.2. The number of fused-ring (bicyclic) bond motifs is 1. The highest BCUT2D eigenvalue weighted by Gasteiger charge is 2.20. The number of carboxylic acid groups (broad SMARTS) is 1. The van der Waals surface area contributed by atoms with Gasteiger partial charge in [-0.15, -0.1) is 0 Å². The molecule has 0 saturated carbocycles. The van der Waals surface area contributed by atoms with E-state index in [2.05, 4.69) is 24.2 Å². The second kappa shape index (κ2) is 6.15. The Bertz CT molecular complexity index is 581. The predicted octanol–water partition coefficient (Wildman–Crippen LogP) is 0.628. The zero-order chi connectivity index (χ0) is 15.6. The molecule has 0 fully saturated rings. The van der Waals surface area contributed by atoms with Crippen LogP contribution >= 0.6 is 0 Å². The van der Waals surface area contributed by atoms with Gasteiger partial charge < -0.3 is 16.3 Å². The number of hydrogen-bond acceptors (Lipinski definition) is 5. The molecule has 1 aliphatic heterocycles. The van der Waals surface area contributed by atoms with E-state index in [0.717, 1.165) is 19.5 Å². The van der Waals surface area contributed by atoms with Gasteiger partial charge in [-0.25, -0.2) is 4.79 Å². The maximum absolute atomic E-state index is 11.1. The zero-order valence-corrected chi connectivity index (χ0v) is 12.4. The first-order valence-corrected chi connectivity index (χ1v) is 7.00. The first-order valence-electron chi connectivity index (χ1n) is 7.00. The van der Waals surface area contributed by atoms with E-state index >= 15 is 0 Å². The van der Waals surface area contributed by atoms with Gasteiger partial charge in [-0.2, -0.15) is 0 Å². The van der Waals surface area contributed by atoms with E-state index in [4.69, 9.17) is 16.7 Å². The highest BCUT2D eigenvalue weighted by Crippen LogP contribution is 2.24. The van der Waals surface area contributed by atoms with E-state index in [0.29, 0.717) is 11.6 Å². The molecule has 0 aliphatic carbocycles. The summed E-state index contributed by atoms with van der Waals surface area (Å²) in [6.45, 7) is 6.24. The van der Waals surface area contributed by atoms with Crippen LogP contribution in [0, 0.1) is 0 Å². The Morgan fingerprint density at radius 2 is 2.10 bits per heavy atom. The van der Waals surface area contributed by atoms with Crippen LogP contribution in [0.15, 0.2) is 23.9 Å². The first-order chi connectivity index (χ1) is 9.93. The number of hydrazine groups is 1. The molecule has 0 atom stereocenters. The van der Waals surface area contributed by atoms with Crippen molar-refractivity contribution >= 4 is 11.7 Å². The molecule has 6 N–H and O–H groups in total. The smallest absolute Gasteiger partial charge is 0.355 e. The first kappa shape index (κ1) is 15.3. The molecule has 0 radical (unpaired) electrons. The fraction of sp³-hybridized carbons (Fsp3) is 0.400. The molecule has 21 heavy (non-hydrogen) atoms. The fourth-order valence-corrected chi connectivity index (χ4v) is 2.59. The Morgan fingerprint density at radius 1 is 1.38 bits per heavy atom. The summed E-state index contributed by atoms with van der Waals surface area (Å²) >= 11 is 0. The summed E-state index contributed by atoms with van der Waals surface area (Å²) < 4.78 is 0. The van der Waals surface area contributed by atoms with Crippen molar-refractivity contribution in [3.8, 4) is 0 Å². The Balaban J connectivity index is 2.37. The predicted molar refractivity (Wildman–Crippen MR) is 81.8 cm³/mol. The maximum atomic E-state index is 11.1. The van der Waals surface area contributed by atoms with Crippen LogP contribution in [0.1, 0.15) is 30.5 Å². The van der Waals surface area contributed by atoms with Crippen molar-refractivity contribution in [2.75, 3.05) is 6.54 Å². The van der Waals surface area contributed by atoms with E-state index in [-0.39, 0.29) is 11.4 Å². The summed E-state index contributed by atoms with van der Waals surface area (Å²) in [6, 6.07) is 6.31. The van der Waals surface area contributed by atoms with Crippen LogP contribution in [0.25, 0.3) is 5.70 Å². The third-order valence-electron chi connectivity index (χ3n) is 3.92. The van der Waals surface area contributed by atoms with Crippen LogP contribution in [0.2, 0.25) is 0 Å². The second-order valence-corrected chi connectivity index (χ2v) is 5.54. The van der Waals surface area contributed by atoms with Gasteiger partial charge in [0.15, 0.2) is 5.70 Å². The normalized spacial score (nSPS) is 16.4. The molecule has 6 heteroatoms. The lowest BCUT2D eigenvalue weighted by Gasteiger charge is -2.32. The van der Waals surface area contributed by atoms with E-state index in [1.165, 1.54) is 11.1 Å². The van der Waals surface area contributed by atoms with Crippen LogP contribution in [0.4, 0.5) is 0 Å². The van der Waals surface area contributed by atoms with Gasteiger partial charge in [0.1, 0.15) is 0 Å². The van der Waals surface area contributed by atoms with E-state index in [9.17, 15) is 4.79 Å². The van der Waals surface area contributed by atoms with Gasteiger partial charge in [0, 0.05) is 24.7 Å². The third-order valence-corrected chi connectivity index (χ3v) is 3.92. The highest BCUT2D eigenvalue weighted by molar-refractivity contribution is 5.94. The van der Waals surface area contributed by atoms with Gasteiger partial charge in [-0.1, -0.05) is 12.1 Å². The molecule has 0 bridgehead atoms. The molecule has 0 saturated heterocycles. The molecule has 1 aliphatic rings. The molecular weight excluding hydrogens is 268 g/mol. The van der Waals surface area contributed by atoms with E-state index < -0.39 is 5.97 Å². The zero-order valence-electron chi connectivity index (χ0n) is 12.4. The van der Waals surface area contributed by atoms with Gasteiger partial charge in [0.2, 0.25) is 0 Å². The largest absolute Gasteiger partial charge is 0.476 e. The molecule has 6 nitrogen and oxygen atoms in total. The molecule has 0 spiro atoms. The molecular formula is C15H22N4O2. The Kier molecular flexibility index (Phi) is 4.50. The van der Waals surface area contributed by atoms with Crippen LogP contribution in [0.5, 0.6) is 0 Å². The van der Waals surface area contributed by atoms with Crippen molar-refractivity contribution in [2.24, 2.45) is 11.6 Å². The Labute approximate surface area is 124 Å². The van der Waals surface area contributed by atoms with Crippen molar-refractivity contribution in [3.63, 3.8) is 0 Å². The number of nitrogens with two attached hydrogens (primary N) is 2. The fourth-order valence-electron chi connectivity index (χ4n) is 2.59. The lowest BCUT2D eigenvalue weighted by molar-refractivity contribution is -0.133. The highest BCUT2D eigenvalue weighted by atomic mass is 16.4. The Morgan fingerprint density at radius 3 is 2.67 bits per heavy atom. The van der Waals surface area contributed by atoms with Crippen molar-refractivity contribution in [3.05, 3.63) is 40.6 Å². The number of hydrogen-bond donors (Lipinski definition) is 4. The van der Waals surface area contributed by atoms with Gasteiger partial charge in [-0.3, -0.25) is 10.7 Å². The molecule has 0 aromatic heterocycles. The van der Waals surface area contributed by atoms with Crippen LogP contribution < -0.4 is 17.0 Å². The van der Waals surface area contributed by atoms with Crippen LogP contribution in [-0.4, -0.2) is 28.6 Å². The van der Waals surface area contributed by atoms with Crippen LogP contribution in [0.3, 0.4) is 0 Å². The minimum Gasteiger partial charge on any atom is -0.476 e. The monoisotopic (exact) mass is 290 g/mol. The molecule has 1 aromatic carbocycles. The van der Waals surface area contributed by atoms with Crippen molar-refractivity contribution in [1.82, 2.24) is 10.3 Å². The molecule has 1 heterocycles. The summed E-state index contributed by atoms with van der Waals surface area (Å²) in [4.78, 5) is 13.5. The third kappa shape index (κ3) is 3.17. The molecule has 114 valence electrons. The standard InChI is InChI=1S/C15H22N4O2/c1-9(2)19-6-5-10-3-4-11(7-12(10)8-19)13(16)14(18-17)15(20)21/h3-4,7,9,18H,5-6,8,16-17H2,1-2H3,(H,20,21)/b14-13-. The number of nitrogens with one attached hydrogen (secondary N) is 1. The summed E-state index contributed by atoms with van der Waals surface area (Å²) in [6.07, 6.45) is 0.998. The van der Waals surface area contributed by atoms with E-state index in [1.807, 2.05) is 18.2 Å². The minimum absolute atomic E-state index is 0.148. The number of aliphatic carboxylic acids is 1. The number of carbonyl (C=O) groups is 1. The summed E-state index contributed by atoms with van der Waals surface area (Å²) in [5, 5.41) is 9.07. The second-order valence-electron chi connectivity index (χ2n) is 5.54. The minimum atomic E-state index is -1.17. The molecule has 0 unspecified atom stereocenters. The van der Waals surface area contributed by atoms with Gasteiger partial charge in [0.25, 0.3) is 0 Å². The number of carboxylic acids is 1. The van der Waals surface area contributed by atoms with E-state index in [1.54, 1.807) is 0 Å². The summed E-state index contributed by atoms with van der Waals surface area (Å²) in [5.74, 6) is 4.06. The lowest BCUT2D eigenvalue weighted by Crippen LogP contribution is -2.36. The molecule has 1 aromatic rings. The SMILES string of the molecule is CC(C)N1CCc2ccc(/C(N)=C(/NN)C(=O)O)cc2C1. The van der Waals surface area contributed by atoms with Gasteiger partial charge >= 0.3 is 5.97 Å². The number of benzene rings is 1. The lowest BCUT2D eigenvalue weighted by atomic mass is 9.95. The van der Waals surface area contributed by atoms with Crippen molar-refractivity contribution in [1.29, 1.82) is 0 Å². The molecule has 2 rings (SSSR count). The van der Waals surface area contributed by atoms with Crippen LogP contribution in [-0.2, 0) is 17.8 Å². The van der Waals surface area contributed by atoms with Crippen molar-refractivity contribution < 1.29 is 9.90 Å². The van der Waals surface area contributed by atoms with Gasteiger partial charge in [-0.05, 0) is 37.5 Å². The summed E-state index contributed by atoms with van der Waals surface area (Å²) in [7, 11) is 0. The average Bonchev–Trinajstić information content (AvgIpc) is 2.46.